The zero-order chi connectivity index (χ0) is 18.0. The summed E-state index contributed by atoms with van der Waals surface area (Å²) in [6, 6.07) is 5.27. The van der Waals surface area contributed by atoms with E-state index in [0.29, 0.717) is 21.8 Å². The zero-order valence-corrected chi connectivity index (χ0v) is 15.7. The number of hydrogen-bond donors (Lipinski definition) is 2. The van der Waals surface area contributed by atoms with Gasteiger partial charge in [0, 0.05) is 12.0 Å². The molecular weight excluding hydrogens is 361 g/mol. The van der Waals surface area contributed by atoms with E-state index >= 15 is 0 Å². The Kier molecular flexibility index (Phi) is 5.87. The monoisotopic (exact) mass is 383 g/mol. The third kappa shape index (κ3) is 4.66. The van der Waals surface area contributed by atoms with Crippen LogP contribution in [0.5, 0.6) is 0 Å². The van der Waals surface area contributed by atoms with Gasteiger partial charge in [-0.3, -0.25) is 14.5 Å². The molecule has 1 aromatic rings. The highest BCUT2D eigenvalue weighted by molar-refractivity contribution is 6.44. The Morgan fingerprint density at radius 2 is 1.84 bits per heavy atom. The lowest BCUT2D eigenvalue weighted by Gasteiger charge is -2.34. The van der Waals surface area contributed by atoms with Crippen LogP contribution in [0, 0.1) is 5.92 Å². The van der Waals surface area contributed by atoms with Gasteiger partial charge in [-0.2, -0.15) is 0 Å². The first kappa shape index (κ1) is 18.5. The van der Waals surface area contributed by atoms with Crippen molar-refractivity contribution in [1.82, 2.24) is 10.2 Å². The molecule has 0 unspecified atom stereocenters. The van der Waals surface area contributed by atoms with E-state index in [-0.39, 0.29) is 23.8 Å². The van der Waals surface area contributed by atoms with E-state index in [2.05, 4.69) is 15.5 Å². The molecule has 1 aliphatic carbocycles. The van der Waals surface area contributed by atoms with Crippen molar-refractivity contribution in [3.8, 4) is 0 Å². The quantitative estimate of drug-likeness (QED) is 0.819. The largest absolute Gasteiger partial charge is 0.353 e. The molecular formula is C18H23Cl2N3O2. The van der Waals surface area contributed by atoms with E-state index in [0.717, 1.165) is 38.8 Å². The van der Waals surface area contributed by atoms with E-state index in [9.17, 15) is 9.59 Å². The molecule has 0 radical (unpaired) electrons. The first-order chi connectivity index (χ1) is 12.0. The molecule has 0 bridgehead atoms. The van der Waals surface area contributed by atoms with E-state index in [4.69, 9.17) is 23.2 Å². The Labute approximate surface area is 158 Å². The molecule has 1 aromatic carbocycles. The van der Waals surface area contributed by atoms with Crippen molar-refractivity contribution in [2.24, 2.45) is 5.92 Å². The molecule has 3 rings (SSSR count). The molecule has 7 heteroatoms. The van der Waals surface area contributed by atoms with E-state index in [1.165, 1.54) is 0 Å². The minimum absolute atomic E-state index is 0.0643. The summed E-state index contributed by atoms with van der Waals surface area (Å²) < 4.78 is 0. The van der Waals surface area contributed by atoms with Gasteiger partial charge in [-0.05, 0) is 57.8 Å². The molecule has 1 atom stereocenters. The van der Waals surface area contributed by atoms with Gasteiger partial charge < -0.3 is 10.6 Å². The molecule has 2 fully saturated rings. The highest BCUT2D eigenvalue weighted by Gasteiger charge is 2.32. The number of piperidine rings is 1. The normalized spacial score (nSPS) is 20.1. The Hall–Kier alpha value is -1.30. The maximum atomic E-state index is 12.5. The summed E-state index contributed by atoms with van der Waals surface area (Å²) in [5.41, 5.74) is 0.518. The number of carbonyl (C=O) groups is 2. The van der Waals surface area contributed by atoms with Crippen molar-refractivity contribution in [3.05, 3.63) is 28.2 Å². The van der Waals surface area contributed by atoms with Crippen LogP contribution in [0.3, 0.4) is 0 Å². The molecule has 1 aliphatic heterocycles. The van der Waals surface area contributed by atoms with Gasteiger partial charge in [-0.15, -0.1) is 0 Å². The van der Waals surface area contributed by atoms with E-state index in [1.807, 2.05) is 6.92 Å². The van der Waals surface area contributed by atoms with Crippen LogP contribution in [-0.4, -0.2) is 41.9 Å². The smallest absolute Gasteiger partial charge is 0.241 e. The van der Waals surface area contributed by atoms with Crippen LogP contribution < -0.4 is 10.6 Å². The number of likely N-dealkylation sites (tertiary alicyclic amines) is 1. The van der Waals surface area contributed by atoms with Crippen molar-refractivity contribution in [2.45, 2.75) is 44.7 Å². The number of nitrogens with one attached hydrogen (secondary N) is 2. The van der Waals surface area contributed by atoms with E-state index in [1.54, 1.807) is 18.2 Å². The molecule has 136 valence electrons. The minimum atomic E-state index is -0.289. The summed E-state index contributed by atoms with van der Waals surface area (Å²) in [7, 11) is 0. The lowest BCUT2D eigenvalue weighted by molar-refractivity contribution is -0.127. The van der Waals surface area contributed by atoms with Crippen molar-refractivity contribution in [1.29, 1.82) is 0 Å². The highest BCUT2D eigenvalue weighted by Crippen LogP contribution is 2.30. The van der Waals surface area contributed by atoms with Crippen LogP contribution in [0.1, 0.15) is 32.6 Å². The van der Waals surface area contributed by atoms with Crippen LogP contribution in [0.25, 0.3) is 0 Å². The number of hydrogen-bond acceptors (Lipinski definition) is 3. The standard InChI is InChI=1S/C18H23Cl2N3O2/c1-11(17(24)22-15-4-2-3-14(19)16(15)20)23-9-7-12(8-10-23)18(25)21-13-5-6-13/h2-4,11-13H,5-10H2,1H3,(H,21,25)(H,22,24)/t11-/m1/s1. The predicted molar refractivity (Wildman–Crippen MR) is 100 cm³/mol. The summed E-state index contributed by atoms with van der Waals surface area (Å²) in [6.07, 6.45) is 3.78. The Morgan fingerprint density at radius 1 is 1.16 bits per heavy atom. The molecule has 2 aliphatic rings. The van der Waals surface area contributed by atoms with E-state index < -0.39 is 0 Å². The topological polar surface area (TPSA) is 61.4 Å². The van der Waals surface area contributed by atoms with Gasteiger partial charge in [0.05, 0.1) is 21.8 Å². The predicted octanol–water partition coefficient (Wildman–Crippen LogP) is 3.31. The number of rotatable bonds is 5. The zero-order valence-electron chi connectivity index (χ0n) is 14.2. The molecule has 1 saturated heterocycles. The number of amides is 2. The first-order valence-corrected chi connectivity index (χ1v) is 9.50. The number of carbonyl (C=O) groups excluding carboxylic acids is 2. The molecule has 0 spiro atoms. The van der Waals surface area contributed by atoms with Gasteiger partial charge in [-0.1, -0.05) is 29.3 Å². The number of halogens is 2. The summed E-state index contributed by atoms with van der Waals surface area (Å²) in [6.45, 7) is 3.35. The Bertz CT molecular complexity index is 656. The third-order valence-electron chi connectivity index (χ3n) is 4.96. The highest BCUT2D eigenvalue weighted by atomic mass is 35.5. The lowest BCUT2D eigenvalue weighted by Crippen LogP contribution is -2.48. The van der Waals surface area contributed by atoms with Crippen molar-refractivity contribution >= 4 is 40.7 Å². The molecule has 2 N–H and O–H groups in total. The van der Waals surface area contributed by atoms with Gasteiger partial charge in [0.15, 0.2) is 0 Å². The molecule has 0 aromatic heterocycles. The van der Waals surface area contributed by atoms with Gasteiger partial charge in [0.2, 0.25) is 11.8 Å². The lowest BCUT2D eigenvalue weighted by atomic mass is 9.95. The Balaban J connectivity index is 1.51. The van der Waals surface area contributed by atoms with Gasteiger partial charge in [-0.25, -0.2) is 0 Å². The second-order valence-corrected chi connectivity index (χ2v) is 7.64. The molecule has 5 nitrogen and oxygen atoms in total. The summed E-state index contributed by atoms with van der Waals surface area (Å²) in [4.78, 5) is 26.7. The average molecular weight is 384 g/mol. The van der Waals surface area contributed by atoms with Crippen LogP contribution in [0.2, 0.25) is 10.0 Å². The van der Waals surface area contributed by atoms with Crippen LogP contribution in [-0.2, 0) is 9.59 Å². The van der Waals surface area contributed by atoms with Crippen molar-refractivity contribution in [3.63, 3.8) is 0 Å². The fraction of sp³-hybridized carbons (Fsp3) is 0.556. The minimum Gasteiger partial charge on any atom is -0.353 e. The van der Waals surface area contributed by atoms with Crippen molar-refractivity contribution < 1.29 is 9.59 Å². The molecule has 1 heterocycles. The van der Waals surface area contributed by atoms with Gasteiger partial charge in [0.1, 0.15) is 0 Å². The number of anilines is 1. The van der Waals surface area contributed by atoms with Crippen LogP contribution in [0.15, 0.2) is 18.2 Å². The van der Waals surface area contributed by atoms with Gasteiger partial charge >= 0.3 is 0 Å². The van der Waals surface area contributed by atoms with Gasteiger partial charge in [0.25, 0.3) is 0 Å². The van der Waals surface area contributed by atoms with Crippen LogP contribution in [0.4, 0.5) is 5.69 Å². The SMILES string of the molecule is C[C@H](C(=O)Nc1cccc(Cl)c1Cl)N1CCC(C(=O)NC2CC2)CC1. The molecule has 1 saturated carbocycles. The fourth-order valence-electron chi connectivity index (χ4n) is 3.10. The summed E-state index contributed by atoms with van der Waals surface area (Å²) in [5.74, 6) is 0.115. The molecule has 25 heavy (non-hydrogen) atoms. The average Bonchev–Trinajstić information content (AvgIpc) is 3.42. The second-order valence-electron chi connectivity index (χ2n) is 6.86. The van der Waals surface area contributed by atoms with Crippen LogP contribution >= 0.6 is 23.2 Å². The first-order valence-electron chi connectivity index (χ1n) is 8.75. The number of nitrogens with zero attached hydrogens (tertiary/aromatic N) is 1. The maximum absolute atomic E-state index is 12.5. The second kappa shape index (κ2) is 7.94. The fourth-order valence-corrected chi connectivity index (χ4v) is 3.45. The maximum Gasteiger partial charge on any atom is 0.241 e. The number of benzene rings is 1. The summed E-state index contributed by atoms with van der Waals surface area (Å²) in [5, 5.41) is 6.67. The third-order valence-corrected chi connectivity index (χ3v) is 5.78. The summed E-state index contributed by atoms with van der Waals surface area (Å²) >= 11 is 12.1. The van der Waals surface area contributed by atoms with Crippen molar-refractivity contribution in [2.75, 3.05) is 18.4 Å². The molecule has 2 amide bonds. The Morgan fingerprint density at radius 3 is 2.48 bits per heavy atom.